The third-order valence-corrected chi connectivity index (χ3v) is 5.45. The van der Waals surface area contributed by atoms with Crippen molar-refractivity contribution in [3.63, 3.8) is 0 Å². The van der Waals surface area contributed by atoms with Crippen molar-refractivity contribution >= 4 is 35.0 Å². The number of hydrogen-bond donors (Lipinski definition) is 5. The number of rotatable bonds is 7. The van der Waals surface area contributed by atoms with Crippen LogP contribution < -0.4 is 21.3 Å². The van der Waals surface area contributed by atoms with E-state index in [9.17, 15) is 14.7 Å². The van der Waals surface area contributed by atoms with Crippen molar-refractivity contribution in [2.45, 2.75) is 51.4 Å². The van der Waals surface area contributed by atoms with Gasteiger partial charge in [-0.25, -0.2) is 9.59 Å². The van der Waals surface area contributed by atoms with E-state index in [1.807, 2.05) is 0 Å². The molecule has 5 N–H and O–H groups in total. The zero-order valence-corrected chi connectivity index (χ0v) is 18.7. The first-order chi connectivity index (χ1) is 15.4. The highest BCUT2D eigenvalue weighted by Crippen LogP contribution is 2.22. The predicted molar refractivity (Wildman–Crippen MR) is 120 cm³/mol. The van der Waals surface area contributed by atoms with Gasteiger partial charge in [-0.2, -0.15) is 0 Å². The average molecular weight is 466 g/mol. The molecule has 0 spiro atoms. The highest BCUT2D eigenvalue weighted by molar-refractivity contribution is 6.30. The van der Waals surface area contributed by atoms with Gasteiger partial charge >= 0.3 is 12.1 Å². The molecule has 11 heteroatoms. The van der Waals surface area contributed by atoms with Gasteiger partial charge < -0.3 is 35.6 Å². The van der Waals surface area contributed by atoms with Gasteiger partial charge in [0, 0.05) is 17.3 Å². The third-order valence-electron chi connectivity index (χ3n) is 5.22. The molecular formula is C21H28ClN5O5. The fraction of sp³-hybridized carbons (Fsp3) is 0.476. The second kappa shape index (κ2) is 11.2. The Morgan fingerprint density at radius 1 is 1.22 bits per heavy atom. The van der Waals surface area contributed by atoms with E-state index in [2.05, 4.69) is 26.4 Å². The van der Waals surface area contributed by atoms with Crippen molar-refractivity contribution in [1.82, 2.24) is 15.8 Å². The summed E-state index contributed by atoms with van der Waals surface area (Å²) in [7, 11) is 0. The number of carbonyl (C=O) groups is 2. The van der Waals surface area contributed by atoms with Crippen molar-refractivity contribution in [2.75, 3.05) is 23.8 Å². The maximum atomic E-state index is 12.3. The molecule has 0 radical (unpaired) electrons. The van der Waals surface area contributed by atoms with Crippen LogP contribution in [0.15, 0.2) is 28.8 Å². The second-order valence-corrected chi connectivity index (χ2v) is 8.08. The number of aromatic nitrogens is 1. The third kappa shape index (κ3) is 6.59. The molecule has 1 aromatic heterocycles. The topological polar surface area (TPSA) is 138 Å². The van der Waals surface area contributed by atoms with Gasteiger partial charge in [0.25, 0.3) is 0 Å². The van der Waals surface area contributed by atoms with Crippen LogP contribution in [0, 0.1) is 13.8 Å². The summed E-state index contributed by atoms with van der Waals surface area (Å²) in [5, 5.41) is 25.1. The van der Waals surface area contributed by atoms with Crippen LogP contribution in [-0.2, 0) is 4.74 Å². The molecule has 174 valence electrons. The van der Waals surface area contributed by atoms with Crippen LogP contribution in [0.2, 0.25) is 5.02 Å². The van der Waals surface area contributed by atoms with E-state index < -0.39 is 12.1 Å². The second-order valence-electron chi connectivity index (χ2n) is 7.64. The molecule has 1 aliphatic rings. The highest BCUT2D eigenvalue weighted by atomic mass is 35.5. The van der Waals surface area contributed by atoms with Gasteiger partial charge in [0.2, 0.25) is 0 Å². The van der Waals surface area contributed by atoms with Crippen molar-refractivity contribution in [3.8, 4) is 0 Å². The first-order valence-corrected chi connectivity index (χ1v) is 10.8. The van der Waals surface area contributed by atoms with E-state index in [4.69, 9.17) is 20.9 Å². The number of aliphatic hydroxyl groups excluding tert-OH is 1. The molecule has 0 saturated carbocycles. The molecule has 0 aliphatic carbocycles. The maximum Gasteiger partial charge on any atom is 0.319 e. The smallest absolute Gasteiger partial charge is 0.319 e. The Morgan fingerprint density at radius 3 is 2.72 bits per heavy atom. The molecule has 4 amide bonds. The molecule has 0 bridgehead atoms. The number of urea groups is 2. The number of anilines is 2. The monoisotopic (exact) mass is 465 g/mol. The van der Waals surface area contributed by atoms with Crippen LogP contribution >= 0.6 is 11.6 Å². The van der Waals surface area contributed by atoms with Crippen LogP contribution in [0.25, 0.3) is 0 Å². The number of benzene rings is 1. The summed E-state index contributed by atoms with van der Waals surface area (Å²) < 4.78 is 11.0. The Labute approximate surface area is 191 Å². The van der Waals surface area contributed by atoms with E-state index in [1.165, 1.54) is 0 Å². The minimum Gasteiger partial charge on any atom is -0.394 e. The summed E-state index contributed by atoms with van der Waals surface area (Å²) in [6, 6.07) is 5.76. The minimum atomic E-state index is -0.532. The quantitative estimate of drug-likeness (QED) is 0.425. The molecular weight excluding hydrogens is 438 g/mol. The number of amides is 4. The number of ether oxygens (including phenoxy) is 1. The molecule has 3 rings (SSSR count). The summed E-state index contributed by atoms with van der Waals surface area (Å²) in [6.45, 7) is 3.64. The summed E-state index contributed by atoms with van der Waals surface area (Å²) in [4.78, 5) is 24.4. The van der Waals surface area contributed by atoms with Crippen LogP contribution in [0.1, 0.15) is 30.7 Å². The lowest BCUT2D eigenvalue weighted by molar-refractivity contribution is -0.0885. The van der Waals surface area contributed by atoms with E-state index in [0.717, 1.165) is 0 Å². The molecule has 10 nitrogen and oxygen atoms in total. The largest absolute Gasteiger partial charge is 0.394 e. The number of nitrogens with zero attached hydrogens (tertiary/aromatic N) is 1. The van der Waals surface area contributed by atoms with E-state index in [1.54, 1.807) is 38.1 Å². The van der Waals surface area contributed by atoms with Gasteiger partial charge in [-0.3, -0.25) is 0 Å². The van der Waals surface area contributed by atoms with Crippen molar-refractivity contribution in [1.29, 1.82) is 0 Å². The number of hydrogen-bond acceptors (Lipinski definition) is 6. The summed E-state index contributed by atoms with van der Waals surface area (Å²) in [5.74, 6) is 0.539. The molecule has 1 saturated heterocycles. The maximum absolute atomic E-state index is 12.3. The first-order valence-electron chi connectivity index (χ1n) is 10.4. The number of halogens is 1. The molecule has 1 fully saturated rings. The molecule has 1 aromatic carbocycles. The Bertz CT molecular complexity index is 918. The van der Waals surface area contributed by atoms with Crippen molar-refractivity contribution in [2.24, 2.45) is 0 Å². The zero-order chi connectivity index (χ0) is 23.1. The van der Waals surface area contributed by atoms with Crippen LogP contribution in [0.3, 0.4) is 0 Å². The predicted octanol–water partition coefficient (Wildman–Crippen LogP) is 3.19. The Hall–Kier alpha value is -2.82. The minimum absolute atomic E-state index is 0.138. The highest BCUT2D eigenvalue weighted by Gasteiger charge is 2.31. The Balaban J connectivity index is 1.41. The Kier molecular flexibility index (Phi) is 8.32. The SMILES string of the molecule is Cc1noc(C)c1NC(=O)NCC[C@@H]1CC[C@@H](NC(=O)Nc2cccc(Cl)c2)[C@H](CO)O1. The lowest BCUT2D eigenvalue weighted by atomic mass is 9.97. The van der Waals surface area contributed by atoms with Crippen LogP contribution in [0.5, 0.6) is 0 Å². The van der Waals surface area contributed by atoms with E-state index in [0.29, 0.717) is 53.7 Å². The number of carbonyl (C=O) groups excluding carboxylic acids is 2. The molecule has 2 aromatic rings. The standard InChI is InChI=1S/C21H28ClN5O5/c1-12-19(13(2)32-27-12)26-20(29)23-9-8-16-6-7-17(18(11-28)31-16)25-21(30)24-15-5-3-4-14(22)10-15/h3-5,10,16-18,28H,6-9,11H2,1-2H3,(H2,23,26,29)(H2,24,25,30)/t16-,17+,18-/m0/s1. The van der Waals surface area contributed by atoms with E-state index in [-0.39, 0.29) is 24.8 Å². The number of aliphatic hydroxyl groups is 1. The molecule has 1 aliphatic heterocycles. The van der Waals surface area contributed by atoms with Gasteiger partial charge in [-0.05, 0) is 51.3 Å². The fourth-order valence-electron chi connectivity index (χ4n) is 3.58. The van der Waals surface area contributed by atoms with Gasteiger partial charge in [0.1, 0.15) is 17.5 Å². The van der Waals surface area contributed by atoms with Gasteiger partial charge in [0.15, 0.2) is 5.76 Å². The number of aryl methyl sites for hydroxylation is 2. The molecule has 0 unspecified atom stereocenters. The fourth-order valence-corrected chi connectivity index (χ4v) is 3.77. The molecule has 2 heterocycles. The number of nitrogens with one attached hydrogen (secondary N) is 4. The lowest BCUT2D eigenvalue weighted by Crippen LogP contribution is -2.52. The van der Waals surface area contributed by atoms with Crippen LogP contribution in [0.4, 0.5) is 21.0 Å². The lowest BCUT2D eigenvalue weighted by Gasteiger charge is -2.36. The van der Waals surface area contributed by atoms with Crippen LogP contribution in [-0.4, -0.2) is 53.7 Å². The van der Waals surface area contributed by atoms with Gasteiger partial charge in [-0.1, -0.05) is 22.8 Å². The summed E-state index contributed by atoms with van der Waals surface area (Å²) in [5.41, 5.74) is 1.74. The normalized spacial score (nSPS) is 20.4. The first kappa shape index (κ1) is 23.8. The van der Waals surface area contributed by atoms with Gasteiger partial charge in [0.05, 0.1) is 18.8 Å². The Morgan fingerprint density at radius 2 is 2.03 bits per heavy atom. The summed E-state index contributed by atoms with van der Waals surface area (Å²) >= 11 is 5.93. The van der Waals surface area contributed by atoms with E-state index >= 15 is 0 Å². The summed E-state index contributed by atoms with van der Waals surface area (Å²) in [6.07, 6.45) is 1.23. The van der Waals surface area contributed by atoms with Gasteiger partial charge in [-0.15, -0.1) is 0 Å². The van der Waals surface area contributed by atoms with Crippen molar-refractivity contribution in [3.05, 3.63) is 40.7 Å². The zero-order valence-electron chi connectivity index (χ0n) is 18.0. The average Bonchev–Trinajstić information content (AvgIpc) is 3.06. The van der Waals surface area contributed by atoms with Crippen molar-refractivity contribution < 1.29 is 24.0 Å². The molecule has 32 heavy (non-hydrogen) atoms. The molecule has 3 atom stereocenters.